The van der Waals surface area contributed by atoms with Gasteiger partial charge in [0.2, 0.25) is 26.7 Å². The molecule has 19 atom stereocenters. The maximum absolute atomic E-state index is 12.2. The summed E-state index contributed by atoms with van der Waals surface area (Å²) in [6.07, 6.45) is -12.6. The van der Waals surface area contributed by atoms with Crippen molar-refractivity contribution in [2.75, 3.05) is 89.1 Å². The number of fused-ring (bicyclic) bond motifs is 1. The number of esters is 4. The van der Waals surface area contributed by atoms with Gasteiger partial charge in [0.25, 0.3) is 0 Å². The maximum Gasteiger partial charge on any atom is 0.400 e. The fourth-order valence-corrected chi connectivity index (χ4v) is 16.3. The number of ether oxygens (including phenoxy) is 10. The van der Waals surface area contributed by atoms with E-state index in [9.17, 15) is 84.2 Å². The Bertz CT molecular complexity index is 2390. The first kappa shape index (κ1) is 79.6. The summed E-state index contributed by atoms with van der Waals surface area (Å²) in [7, 11) is -15.7. The molecule has 0 spiro atoms. The van der Waals surface area contributed by atoms with Crippen LogP contribution in [0.1, 0.15) is 54.4 Å². The number of rotatable bonds is 23. The molecule has 6 aliphatic heterocycles. The lowest BCUT2D eigenvalue weighted by molar-refractivity contribution is -0.277. The fourth-order valence-electron chi connectivity index (χ4n) is 8.95. The Morgan fingerprint density at radius 2 is 0.920 bits per heavy atom. The molecule has 6 rings (SSSR count). The largest absolute Gasteiger partial charge is 0.726 e. The Morgan fingerprint density at radius 3 is 1.25 bits per heavy atom. The van der Waals surface area contributed by atoms with Crippen LogP contribution in [0.25, 0.3) is 0 Å². The van der Waals surface area contributed by atoms with Crippen LogP contribution in [0.4, 0.5) is 0 Å². The molecule has 6 aliphatic rings. The number of aliphatic hydroxyl groups excluding tert-OH is 6. The van der Waals surface area contributed by atoms with Gasteiger partial charge in [-0.3, -0.25) is 27.5 Å². The summed E-state index contributed by atoms with van der Waals surface area (Å²) in [5.41, 5.74) is 0. The fraction of sp³-hybridized carbons (Fsp3) is 0.870. The van der Waals surface area contributed by atoms with Gasteiger partial charge in [-0.15, -0.1) is 0 Å². The van der Waals surface area contributed by atoms with E-state index in [4.69, 9.17) is 66.5 Å². The summed E-state index contributed by atoms with van der Waals surface area (Å²) in [6.45, 7) is 8.59. The molecule has 0 bridgehead atoms. The zero-order chi connectivity index (χ0) is 66.0. The van der Waals surface area contributed by atoms with Gasteiger partial charge in [0.05, 0.1) is 66.1 Å². The van der Waals surface area contributed by atoms with Crippen molar-refractivity contribution in [1.29, 1.82) is 0 Å². The van der Waals surface area contributed by atoms with Gasteiger partial charge >= 0.3 is 46.6 Å². The predicted molar refractivity (Wildman–Crippen MR) is 280 cm³/mol. The monoisotopic (exact) mass is 1360 g/mol. The summed E-state index contributed by atoms with van der Waals surface area (Å²) in [5, 5.41) is 57.7. The van der Waals surface area contributed by atoms with Gasteiger partial charge in [-0.05, 0) is 40.5 Å². The highest BCUT2D eigenvalue weighted by molar-refractivity contribution is 7.98. The number of carbonyl (C=O) groups is 4. The van der Waals surface area contributed by atoms with Crippen LogP contribution < -0.4 is 0 Å². The zero-order valence-electron chi connectivity index (χ0n) is 47.7. The van der Waals surface area contributed by atoms with Crippen molar-refractivity contribution in [2.24, 2.45) is 17.8 Å². The van der Waals surface area contributed by atoms with Crippen LogP contribution in [0.3, 0.4) is 0 Å². The average molecular weight is 1360 g/mol. The van der Waals surface area contributed by atoms with Crippen LogP contribution in [-0.4, -0.2) is 281 Å². The van der Waals surface area contributed by atoms with E-state index in [1.807, 2.05) is 0 Å². The third-order valence-electron chi connectivity index (χ3n) is 12.9. The molecule has 6 saturated heterocycles. The molecular formula is C46H74O36S5. The van der Waals surface area contributed by atoms with E-state index >= 15 is 0 Å². The van der Waals surface area contributed by atoms with E-state index in [0.717, 1.165) is 0 Å². The molecule has 0 aliphatic carbocycles. The molecule has 504 valence electrons. The Kier molecular flexibility index (Phi) is 35.7. The van der Waals surface area contributed by atoms with Gasteiger partial charge in [-0.25, -0.2) is 25.2 Å². The van der Waals surface area contributed by atoms with Crippen LogP contribution in [0, 0.1) is 17.8 Å². The smallest absolute Gasteiger partial charge is 0.400 e. The van der Waals surface area contributed by atoms with Crippen LogP contribution in [-0.2, 0) is 155 Å². The molecular weight excluding hydrogens is 1290 g/mol. The van der Waals surface area contributed by atoms with E-state index in [2.05, 4.69) is 16.7 Å². The van der Waals surface area contributed by atoms with E-state index < -0.39 is 185 Å². The third-order valence-corrected chi connectivity index (χ3v) is 20.4. The second kappa shape index (κ2) is 39.0. The molecule has 36 nitrogen and oxygen atoms in total. The molecule has 6 fully saturated rings. The van der Waals surface area contributed by atoms with Crippen molar-refractivity contribution in [2.45, 2.75) is 145 Å². The number of carbonyl (C=O) groups excluding carboxylic acids is 8. The van der Waals surface area contributed by atoms with Gasteiger partial charge in [-0.2, -0.15) is 27.6 Å². The van der Waals surface area contributed by atoms with Crippen LogP contribution in [0.15, 0.2) is 0 Å². The summed E-state index contributed by atoms with van der Waals surface area (Å²) >= 11 is 0. The Hall–Kier alpha value is -3.53. The highest BCUT2D eigenvalue weighted by Crippen LogP contribution is 2.33. The average Bonchev–Trinajstić information content (AvgIpc) is 2.03. The van der Waals surface area contributed by atoms with Crippen molar-refractivity contribution < 1.29 is 167 Å². The Balaban J connectivity index is 0.000000427. The van der Waals surface area contributed by atoms with Gasteiger partial charge in [-0.1, -0.05) is 13.8 Å². The second-order valence-electron chi connectivity index (χ2n) is 18.5. The molecule has 0 radical (unpaired) electrons. The molecule has 0 saturated carbocycles. The van der Waals surface area contributed by atoms with E-state index in [-0.39, 0.29) is 101 Å². The second-order valence-corrected chi connectivity index (χ2v) is 26.5. The van der Waals surface area contributed by atoms with Gasteiger partial charge in [0.15, 0.2) is 29.4 Å². The van der Waals surface area contributed by atoms with Crippen LogP contribution >= 0.6 is 0 Å². The van der Waals surface area contributed by atoms with E-state index in [1.54, 1.807) is 41.5 Å². The van der Waals surface area contributed by atoms with Crippen LogP contribution in [0.5, 0.6) is 0 Å². The summed E-state index contributed by atoms with van der Waals surface area (Å²) in [5.74, 6) is -5.13. The molecule has 87 heavy (non-hydrogen) atoms. The Morgan fingerprint density at radius 1 is 0.563 bits per heavy atom. The zero-order valence-corrected chi connectivity index (χ0v) is 51.8. The van der Waals surface area contributed by atoms with Crippen molar-refractivity contribution in [3.8, 4) is 0 Å². The normalized spacial score (nSPS) is 32.5. The maximum atomic E-state index is 12.2. The van der Waals surface area contributed by atoms with Crippen molar-refractivity contribution >= 4 is 89.2 Å². The molecule has 0 amide bonds. The number of hydrogen-bond donors (Lipinski definition) is 6. The summed E-state index contributed by atoms with van der Waals surface area (Å²) in [4.78, 5) is 80.8. The highest BCUT2D eigenvalue weighted by Gasteiger charge is 2.55. The number of aliphatic hydroxyl groups is 6. The number of hydrogen-bond acceptors (Lipinski definition) is 36. The molecule has 0 aromatic carbocycles. The molecule has 7 unspecified atom stereocenters. The van der Waals surface area contributed by atoms with Crippen LogP contribution in [0.2, 0.25) is 0 Å². The van der Waals surface area contributed by atoms with Gasteiger partial charge in [0, 0.05) is 21.8 Å². The molecule has 6 heterocycles. The minimum absolute atomic E-state index is 0.0674. The predicted octanol–water partition coefficient (Wildman–Crippen LogP) is -6.28. The Labute approximate surface area is 506 Å². The summed E-state index contributed by atoms with van der Waals surface area (Å²) in [6, 6.07) is 0. The van der Waals surface area contributed by atoms with Gasteiger partial charge < -0.3 is 87.1 Å². The molecule has 6 N–H and O–H groups in total. The van der Waals surface area contributed by atoms with E-state index in [0.29, 0.717) is 12.8 Å². The first-order valence-electron chi connectivity index (χ1n) is 26.5. The third kappa shape index (κ3) is 25.6. The summed E-state index contributed by atoms with van der Waals surface area (Å²) < 4.78 is 160. The van der Waals surface area contributed by atoms with Crippen molar-refractivity contribution in [1.82, 2.24) is 0 Å². The lowest BCUT2D eigenvalue weighted by Gasteiger charge is -2.39. The van der Waals surface area contributed by atoms with Crippen molar-refractivity contribution in [3.63, 3.8) is 0 Å². The standard InChI is InChI=1S/2C16H28O11S2.C12H18O10S.2CO2/c2*1-3-9(15(20)24-4-2)16-25-6-11(27-29(21,22)23)12(26-16)8-28-7-10(18)14(19)13(28)5-17;1-3-17-10(13)9(11(14)18-4-2)12-19-5-8-7(21-12)6-20-23(15,16)22-8;2*2-1-3/h2*9-14,16-19H,3-8H2,1-2H3;7-9,12H,3-6H2,1-2H3;;/t2*9?,10-,11+,12-,13-,14+,16?,28?;7-,8+,12?;;/m111../s1. The SMILES string of the molecule is CCOC(=O)C(C(=O)OCC)C1OC[C@@H]2OS(=O)(=O)OC[C@H]2O1.CCOC(=O)C(CC)C1OC[C@H](OS(=O)(=O)[O-])[C@@H](C[S+]2C[C@@H](O)[C@H](O)[C@H]2CO)O1.CCOC(=O)C(CC)C1OC[C@H](OS(=O)(=O)[O-])[C@@H](C[S+]2C[C@@H](O)[C@H](O)[C@H]2CO)O1.O=C=O.O=C=O. The topological polar surface area (TPSA) is 536 Å². The van der Waals surface area contributed by atoms with Crippen molar-refractivity contribution in [3.05, 3.63) is 0 Å². The first-order valence-corrected chi connectivity index (χ1v) is 33.8. The first-order chi connectivity index (χ1) is 40.9. The van der Waals surface area contributed by atoms with Gasteiger partial charge in [0.1, 0.15) is 95.9 Å². The lowest BCUT2D eigenvalue weighted by Crippen LogP contribution is -2.55. The molecule has 0 aromatic rings. The molecule has 0 aromatic heterocycles. The minimum Gasteiger partial charge on any atom is -0.726 e. The quantitative estimate of drug-likeness (QED) is 0.0138. The minimum atomic E-state index is -5.05. The molecule has 41 heteroatoms. The van der Waals surface area contributed by atoms with E-state index in [1.165, 1.54) is 0 Å². The highest BCUT2D eigenvalue weighted by atomic mass is 32.3. The lowest BCUT2D eigenvalue weighted by atomic mass is 10.1.